The number of carboxylic acids is 3. The molecule has 0 aliphatic rings. The summed E-state index contributed by atoms with van der Waals surface area (Å²) in [5.74, 6) is -3.12. The van der Waals surface area contributed by atoms with Crippen LogP contribution in [-0.4, -0.2) is 56.2 Å². The van der Waals surface area contributed by atoms with Crippen LogP contribution < -0.4 is 0 Å². The first-order chi connectivity index (χ1) is 13.7. The molecule has 0 fully saturated rings. The van der Waals surface area contributed by atoms with Crippen molar-refractivity contribution in [3.05, 3.63) is 35.4 Å². The minimum absolute atomic E-state index is 0.139. The second kappa shape index (κ2) is 18.9. The monoisotopic (exact) mass is 414 g/mol. The lowest BCUT2D eigenvalue weighted by atomic mass is 10.1. The van der Waals surface area contributed by atoms with Crippen molar-refractivity contribution in [3.8, 4) is 0 Å². The first kappa shape index (κ1) is 28.8. The average molecular weight is 414 g/mol. The van der Waals surface area contributed by atoms with E-state index in [9.17, 15) is 14.4 Å². The predicted molar refractivity (Wildman–Crippen MR) is 109 cm³/mol. The van der Waals surface area contributed by atoms with Crippen molar-refractivity contribution in [2.75, 3.05) is 6.61 Å². The van der Waals surface area contributed by atoms with Crippen LogP contribution in [0.4, 0.5) is 0 Å². The Balaban J connectivity index is 0. The van der Waals surface area contributed by atoms with E-state index in [1.165, 1.54) is 63.3 Å². The molecule has 1 unspecified atom stereocenters. The predicted octanol–water partition coefficient (Wildman–Crippen LogP) is 3.65. The van der Waals surface area contributed by atoms with Crippen LogP contribution in [0.5, 0.6) is 0 Å². The normalized spacial score (nSPS) is 10.6. The van der Waals surface area contributed by atoms with Crippen molar-refractivity contribution in [3.63, 3.8) is 0 Å². The number of unbranched alkanes of at least 4 members (excludes halogenated alkanes) is 6. The van der Waals surface area contributed by atoms with E-state index in [0.717, 1.165) is 12.8 Å². The fourth-order valence-corrected chi connectivity index (χ4v) is 2.09. The van der Waals surface area contributed by atoms with E-state index in [1.54, 1.807) is 0 Å². The number of hydrogen-bond acceptors (Lipinski definition) is 5. The molecule has 0 aliphatic heterocycles. The van der Waals surface area contributed by atoms with Gasteiger partial charge >= 0.3 is 17.9 Å². The van der Waals surface area contributed by atoms with E-state index in [4.69, 9.17) is 25.5 Å². The smallest absolute Gasteiger partial charge is 0.336 e. The van der Waals surface area contributed by atoms with Gasteiger partial charge in [0.2, 0.25) is 0 Å². The maximum absolute atomic E-state index is 10.5. The molecule has 0 saturated carbocycles. The van der Waals surface area contributed by atoms with E-state index in [0.29, 0.717) is 6.42 Å². The highest BCUT2D eigenvalue weighted by atomic mass is 16.4. The van der Waals surface area contributed by atoms with Gasteiger partial charge in [-0.2, -0.15) is 0 Å². The zero-order valence-corrected chi connectivity index (χ0v) is 17.2. The van der Waals surface area contributed by atoms with Crippen molar-refractivity contribution in [2.24, 2.45) is 0 Å². The molecule has 1 aromatic carbocycles. The SMILES string of the molecule is CC(O)CO.CCCCCCCCCC(=O)O.O=C(O)c1ccccc1C(=O)O. The van der Waals surface area contributed by atoms with Crippen LogP contribution in [0.15, 0.2) is 24.3 Å². The molecule has 1 atom stereocenters. The molecular formula is C21H34O8. The molecule has 0 radical (unpaired) electrons. The second-order valence-electron chi connectivity index (χ2n) is 6.45. The molecule has 0 saturated heterocycles. The van der Waals surface area contributed by atoms with Gasteiger partial charge in [-0.25, -0.2) is 9.59 Å². The molecule has 29 heavy (non-hydrogen) atoms. The van der Waals surface area contributed by atoms with Gasteiger partial charge in [0.05, 0.1) is 23.8 Å². The third-order valence-electron chi connectivity index (χ3n) is 3.65. The molecule has 5 N–H and O–H groups in total. The maximum atomic E-state index is 10.5. The summed E-state index contributed by atoms with van der Waals surface area (Å²) >= 11 is 0. The minimum Gasteiger partial charge on any atom is -0.481 e. The van der Waals surface area contributed by atoms with Crippen LogP contribution in [0, 0.1) is 0 Å². The van der Waals surface area contributed by atoms with Gasteiger partial charge in [0.1, 0.15) is 0 Å². The van der Waals surface area contributed by atoms with Gasteiger partial charge < -0.3 is 25.5 Å². The number of carbonyl (C=O) groups is 3. The molecule has 0 aromatic heterocycles. The van der Waals surface area contributed by atoms with Gasteiger partial charge in [-0.15, -0.1) is 0 Å². The third-order valence-corrected chi connectivity index (χ3v) is 3.65. The lowest BCUT2D eigenvalue weighted by Crippen LogP contribution is -2.06. The van der Waals surface area contributed by atoms with Crippen molar-refractivity contribution in [2.45, 2.75) is 71.3 Å². The van der Waals surface area contributed by atoms with Gasteiger partial charge in [-0.1, -0.05) is 57.6 Å². The zero-order chi connectivity index (χ0) is 22.7. The van der Waals surface area contributed by atoms with Gasteiger partial charge in [-0.3, -0.25) is 4.79 Å². The molecule has 8 heteroatoms. The topological polar surface area (TPSA) is 152 Å². The van der Waals surface area contributed by atoms with Crippen molar-refractivity contribution in [1.82, 2.24) is 0 Å². The number of rotatable bonds is 11. The molecule has 0 aliphatic carbocycles. The van der Waals surface area contributed by atoms with Crippen LogP contribution in [0.1, 0.15) is 85.9 Å². The summed E-state index contributed by atoms with van der Waals surface area (Å²) in [4.78, 5) is 31.1. The van der Waals surface area contributed by atoms with Gasteiger partial charge in [0, 0.05) is 6.42 Å². The van der Waals surface area contributed by atoms with E-state index < -0.39 is 24.0 Å². The van der Waals surface area contributed by atoms with Crippen LogP contribution in [0.2, 0.25) is 0 Å². The Morgan fingerprint density at radius 2 is 1.21 bits per heavy atom. The summed E-state index contributed by atoms with van der Waals surface area (Å²) < 4.78 is 0. The highest BCUT2D eigenvalue weighted by Gasteiger charge is 2.13. The minimum atomic E-state index is -1.23. The molecule has 0 bridgehead atoms. The quantitative estimate of drug-likeness (QED) is 0.344. The van der Waals surface area contributed by atoms with Crippen molar-refractivity contribution >= 4 is 17.9 Å². The molecule has 0 spiro atoms. The van der Waals surface area contributed by atoms with Gasteiger partial charge in [0.15, 0.2) is 0 Å². The molecule has 8 nitrogen and oxygen atoms in total. The summed E-state index contributed by atoms with van der Waals surface area (Å²) in [6.45, 7) is 3.59. The lowest BCUT2D eigenvalue weighted by molar-refractivity contribution is -0.137. The molecule has 0 amide bonds. The van der Waals surface area contributed by atoms with Crippen molar-refractivity contribution in [1.29, 1.82) is 0 Å². The fraction of sp³-hybridized carbons (Fsp3) is 0.571. The fourth-order valence-electron chi connectivity index (χ4n) is 2.09. The van der Waals surface area contributed by atoms with Gasteiger partial charge in [0.25, 0.3) is 0 Å². The van der Waals surface area contributed by atoms with E-state index in [1.807, 2.05) is 0 Å². The summed E-state index contributed by atoms with van der Waals surface area (Å²) in [6, 6.07) is 5.48. The largest absolute Gasteiger partial charge is 0.481 e. The highest BCUT2D eigenvalue weighted by Crippen LogP contribution is 2.08. The number of aromatic carboxylic acids is 2. The van der Waals surface area contributed by atoms with Crippen LogP contribution >= 0.6 is 0 Å². The van der Waals surface area contributed by atoms with Crippen LogP contribution in [0.3, 0.4) is 0 Å². The number of carboxylic acid groups (broad SMARTS) is 3. The first-order valence-corrected chi connectivity index (χ1v) is 9.73. The highest BCUT2D eigenvalue weighted by molar-refractivity contribution is 6.01. The summed E-state index contributed by atoms with van der Waals surface area (Å²) in [5.41, 5.74) is -0.380. The number of aliphatic hydroxyl groups excluding tert-OH is 2. The Bertz CT molecular complexity index is 551. The number of benzene rings is 1. The third kappa shape index (κ3) is 18.7. The first-order valence-electron chi connectivity index (χ1n) is 9.73. The van der Waals surface area contributed by atoms with Gasteiger partial charge in [-0.05, 0) is 25.5 Å². The Hall–Kier alpha value is -2.45. The maximum Gasteiger partial charge on any atom is 0.336 e. The lowest BCUT2D eigenvalue weighted by Gasteiger charge is -1.98. The molecule has 166 valence electrons. The standard InChI is InChI=1S/C10H20O2.C8H6O4.C3H8O2/c1-2-3-4-5-6-7-8-9-10(11)12;9-7(10)5-3-1-2-4-6(5)8(11)12;1-3(5)2-4/h2-9H2,1H3,(H,11,12);1-4H,(H,9,10)(H,11,12);3-5H,2H2,1H3. The Morgan fingerprint density at radius 3 is 1.52 bits per heavy atom. The molecule has 1 rings (SSSR count). The number of aliphatic hydroxyl groups is 2. The summed E-state index contributed by atoms with van der Waals surface area (Å²) in [6.07, 6.45) is 8.08. The number of hydrogen-bond donors (Lipinski definition) is 5. The van der Waals surface area contributed by atoms with E-state index in [-0.39, 0.29) is 17.7 Å². The Kier molecular flexibility index (Phi) is 18.7. The Labute approximate surface area is 171 Å². The number of aliphatic carboxylic acids is 1. The second-order valence-corrected chi connectivity index (χ2v) is 6.45. The van der Waals surface area contributed by atoms with E-state index in [2.05, 4.69) is 6.92 Å². The summed E-state index contributed by atoms with van der Waals surface area (Å²) in [7, 11) is 0. The van der Waals surface area contributed by atoms with Crippen molar-refractivity contribution < 1.29 is 39.9 Å². The van der Waals surface area contributed by atoms with Crippen LogP contribution in [0.25, 0.3) is 0 Å². The van der Waals surface area contributed by atoms with Crippen LogP contribution in [-0.2, 0) is 4.79 Å². The van der Waals surface area contributed by atoms with E-state index >= 15 is 0 Å². The molecule has 0 heterocycles. The molecule has 1 aromatic rings. The summed E-state index contributed by atoms with van der Waals surface area (Å²) in [5, 5.41) is 41.5. The average Bonchev–Trinajstić information content (AvgIpc) is 2.68. The molecular weight excluding hydrogens is 380 g/mol. The zero-order valence-electron chi connectivity index (χ0n) is 17.2. The Morgan fingerprint density at radius 1 is 0.828 bits per heavy atom.